The average molecular weight is 263 g/mol. The van der Waals surface area contributed by atoms with Gasteiger partial charge in [-0.25, -0.2) is 4.98 Å². The zero-order valence-corrected chi connectivity index (χ0v) is 11.3. The fourth-order valence-corrected chi connectivity index (χ4v) is 3.21. The Morgan fingerprint density at radius 3 is 3.00 bits per heavy atom. The van der Waals surface area contributed by atoms with Gasteiger partial charge in [-0.2, -0.15) is 0 Å². The van der Waals surface area contributed by atoms with Gasteiger partial charge in [-0.1, -0.05) is 6.07 Å². The molecule has 1 aliphatic heterocycles. The van der Waals surface area contributed by atoms with Crippen LogP contribution in [0.1, 0.15) is 43.9 Å². The molecule has 1 saturated carbocycles. The van der Waals surface area contributed by atoms with Crippen LogP contribution in [-0.4, -0.2) is 29.4 Å². The van der Waals surface area contributed by atoms with Crippen molar-refractivity contribution in [3.63, 3.8) is 0 Å². The zero-order valence-electron chi connectivity index (χ0n) is 11.3. The summed E-state index contributed by atoms with van der Waals surface area (Å²) < 4.78 is 11.0. The second kappa shape index (κ2) is 5.10. The normalized spacial score (nSPS) is 26.7. The topological polar surface area (TPSA) is 51.6 Å². The summed E-state index contributed by atoms with van der Waals surface area (Å²) in [6.45, 7) is 0.756. The summed E-state index contributed by atoms with van der Waals surface area (Å²) in [5.41, 5.74) is 0.767. The average Bonchev–Trinajstić information content (AvgIpc) is 2.45. The molecule has 0 aromatic carbocycles. The van der Waals surface area contributed by atoms with Crippen LogP contribution in [0.5, 0.6) is 5.88 Å². The molecular formula is C15H21NO3. The lowest BCUT2D eigenvalue weighted by Crippen LogP contribution is -2.46. The highest BCUT2D eigenvalue weighted by Crippen LogP contribution is 2.47. The summed E-state index contributed by atoms with van der Waals surface area (Å²) >= 11 is 0. The molecule has 2 heterocycles. The molecule has 0 radical (unpaired) electrons. The molecule has 4 nitrogen and oxygen atoms in total. The summed E-state index contributed by atoms with van der Waals surface area (Å²) in [4.78, 5) is 4.34. The fraction of sp³-hybridized carbons (Fsp3) is 0.667. The molecular weight excluding hydrogens is 242 g/mol. The van der Waals surface area contributed by atoms with Crippen molar-refractivity contribution >= 4 is 0 Å². The molecule has 2 atom stereocenters. The molecule has 0 amide bonds. The van der Waals surface area contributed by atoms with Crippen LogP contribution in [0.2, 0.25) is 0 Å². The second-order valence-corrected chi connectivity index (χ2v) is 5.69. The van der Waals surface area contributed by atoms with E-state index in [1.54, 1.807) is 13.2 Å². The number of rotatable bonds is 3. The first-order chi connectivity index (χ1) is 9.22. The zero-order chi connectivity index (χ0) is 13.3. The Morgan fingerprint density at radius 1 is 1.47 bits per heavy atom. The van der Waals surface area contributed by atoms with Crippen LogP contribution in [0.4, 0.5) is 0 Å². The predicted octanol–water partition coefficient (Wildman–Crippen LogP) is 2.47. The van der Waals surface area contributed by atoms with Crippen molar-refractivity contribution in [2.75, 3.05) is 13.7 Å². The Labute approximate surface area is 113 Å². The highest BCUT2D eigenvalue weighted by atomic mass is 16.5. The number of methoxy groups -OCH3 is 1. The summed E-state index contributed by atoms with van der Waals surface area (Å²) in [5.74, 6) is 0.802. The maximum absolute atomic E-state index is 10.5. The van der Waals surface area contributed by atoms with Crippen molar-refractivity contribution in [2.45, 2.75) is 43.8 Å². The van der Waals surface area contributed by atoms with Crippen molar-refractivity contribution in [3.05, 3.63) is 23.9 Å². The smallest absolute Gasteiger partial charge is 0.213 e. The molecule has 19 heavy (non-hydrogen) atoms. The Kier molecular flexibility index (Phi) is 3.46. The number of aliphatic hydroxyl groups is 1. The molecule has 104 valence electrons. The maximum Gasteiger partial charge on any atom is 0.213 e. The summed E-state index contributed by atoms with van der Waals surface area (Å²) in [6.07, 6.45) is 4.87. The lowest BCUT2D eigenvalue weighted by molar-refractivity contribution is -0.157. The van der Waals surface area contributed by atoms with E-state index in [2.05, 4.69) is 4.98 Å². The third-order valence-corrected chi connectivity index (χ3v) is 4.50. The number of hydrogen-bond donors (Lipinski definition) is 1. The molecule has 1 aliphatic carbocycles. The van der Waals surface area contributed by atoms with E-state index in [4.69, 9.17) is 9.47 Å². The summed E-state index contributed by atoms with van der Waals surface area (Å²) in [7, 11) is 1.59. The number of aliphatic hydroxyl groups excluding tert-OH is 1. The largest absolute Gasteiger partial charge is 0.481 e. The minimum absolute atomic E-state index is 0.0583. The van der Waals surface area contributed by atoms with Gasteiger partial charge in [-0.15, -0.1) is 0 Å². The number of ether oxygens (including phenoxy) is 2. The molecule has 0 bridgehead atoms. The van der Waals surface area contributed by atoms with Gasteiger partial charge in [0.25, 0.3) is 0 Å². The SMILES string of the molecule is COc1cccc(C(O)C2CCOC3(CCC3)C2)n1. The Hall–Kier alpha value is -1.13. The van der Waals surface area contributed by atoms with Crippen molar-refractivity contribution in [1.29, 1.82) is 0 Å². The molecule has 4 heteroatoms. The van der Waals surface area contributed by atoms with Gasteiger partial charge in [0.05, 0.1) is 24.5 Å². The van der Waals surface area contributed by atoms with Crippen molar-refractivity contribution < 1.29 is 14.6 Å². The first kappa shape index (κ1) is 12.9. The van der Waals surface area contributed by atoms with E-state index in [1.165, 1.54) is 6.42 Å². The van der Waals surface area contributed by atoms with Crippen molar-refractivity contribution in [1.82, 2.24) is 4.98 Å². The van der Waals surface area contributed by atoms with Gasteiger partial charge in [0.1, 0.15) is 0 Å². The van der Waals surface area contributed by atoms with E-state index in [0.29, 0.717) is 11.6 Å². The van der Waals surface area contributed by atoms with E-state index in [1.807, 2.05) is 12.1 Å². The first-order valence-electron chi connectivity index (χ1n) is 7.05. The van der Waals surface area contributed by atoms with Gasteiger partial charge < -0.3 is 14.6 Å². The Balaban J connectivity index is 1.73. The third-order valence-electron chi connectivity index (χ3n) is 4.50. The van der Waals surface area contributed by atoms with Gasteiger partial charge in [-0.3, -0.25) is 0 Å². The number of aromatic nitrogens is 1. The lowest BCUT2D eigenvalue weighted by Gasteiger charge is -2.48. The van der Waals surface area contributed by atoms with Gasteiger partial charge in [0.15, 0.2) is 0 Å². The predicted molar refractivity (Wildman–Crippen MR) is 71.0 cm³/mol. The van der Waals surface area contributed by atoms with Gasteiger partial charge >= 0.3 is 0 Å². The van der Waals surface area contributed by atoms with E-state index >= 15 is 0 Å². The molecule has 3 rings (SSSR count). The van der Waals surface area contributed by atoms with Crippen LogP contribution in [0.15, 0.2) is 18.2 Å². The first-order valence-corrected chi connectivity index (χ1v) is 7.05. The van der Waals surface area contributed by atoms with Crippen LogP contribution in [0.25, 0.3) is 0 Å². The molecule has 2 unspecified atom stereocenters. The number of hydrogen-bond acceptors (Lipinski definition) is 4. The third kappa shape index (κ3) is 2.47. The highest BCUT2D eigenvalue weighted by molar-refractivity contribution is 5.18. The molecule has 1 aromatic heterocycles. The number of pyridine rings is 1. The highest BCUT2D eigenvalue weighted by Gasteiger charge is 2.44. The van der Waals surface area contributed by atoms with Crippen LogP contribution in [0.3, 0.4) is 0 Å². The Bertz CT molecular complexity index is 445. The maximum atomic E-state index is 10.5. The Morgan fingerprint density at radius 2 is 2.32 bits per heavy atom. The summed E-state index contributed by atoms with van der Waals surface area (Å²) in [5, 5.41) is 10.5. The quantitative estimate of drug-likeness (QED) is 0.910. The van der Waals surface area contributed by atoms with Gasteiger partial charge in [0.2, 0.25) is 5.88 Å². The van der Waals surface area contributed by atoms with E-state index in [9.17, 15) is 5.11 Å². The van der Waals surface area contributed by atoms with Crippen LogP contribution in [0, 0.1) is 5.92 Å². The molecule has 2 aliphatic rings. The monoisotopic (exact) mass is 263 g/mol. The van der Waals surface area contributed by atoms with E-state index in [-0.39, 0.29) is 11.5 Å². The van der Waals surface area contributed by atoms with Crippen LogP contribution in [-0.2, 0) is 4.74 Å². The standard InChI is InChI=1S/C15H21NO3/c1-18-13-5-2-4-12(16-13)14(17)11-6-9-19-15(10-11)7-3-8-15/h2,4-5,11,14,17H,3,6-10H2,1H3. The van der Waals surface area contributed by atoms with E-state index in [0.717, 1.165) is 32.3 Å². The number of nitrogens with zero attached hydrogens (tertiary/aromatic N) is 1. The molecule has 1 saturated heterocycles. The van der Waals surface area contributed by atoms with Crippen molar-refractivity contribution in [2.24, 2.45) is 5.92 Å². The second-order valence-electron chi connectivity index (χ2n) is 5.69. The van der Waals surface area contributed by atoms with E-state index < -0.39 is 6.10 Å². The molecule has 2 fully saturated rings. The molecule has 1 aromatic rings. The molecule has 1 N–H and O–H groups in total. The lowest BCUT2D eigenvalue weighted by atomic mass is 9.70. The fourth-order valence-electron chi connectivity index (χ4n) is 3.21. The summed E-state index contributed by atoms with van der Waals surface area (Å²) in [6, 6.07) is 5.55. The van der Waals surface area contributed by atoms with Crippen LogP contribution >= 0.6 is 0 Å². The minimum Gasteiger partial charge on any atom is -0.481 e. The van der Waals surface area contributed by atoms with Crippen LogP contribution < -0.4 is 4.74 Å². The minimum atomic E-state index is -0.517. The van der Waals surface area contributed by atoms with Crippen molar-refractivity contribution in [3.8, 4) is 5.88 Å². The van der Waals surface area contributed by atoms with Gasteiger partial charge in [-0.05, 0) is 44.1 Å². The van der Waals surface area contributed by atoms with Gasteiger partial charge in [0, 0.05) is 12.7 Å². The molecule has 1 spiro atoms.